The van der Waals surface area contributed by atoms with E-state index in [1.54, 1.807) is 0 Å². The highest BCUT2D eigenvalue weighted by molar-refractivity contribution is 5.98. The van der Waals surface area contributed by atoms with Gasteiger partial charge in [0.25, 0.3) is 0 Å². The van der Waals surface area contributed by atoms with Crippen LogP contribution in [-0.4, -0.2) is 11.3 Å². The molecule has 0 aliphatic carbocycles. The van der Waals surface area contributed by atoms with Crippen molar-refractivity contribution in [1.82, 2.24) is 4.57 Å². The van der Waals surface area contributed by atoms with Crippen molar-refractivity contribution in [2.45, 2.75) is 68.4 Å². The van der Waals surface area contributed by atoms with Crippen LogP contribution >= 0.6 is 0 Å². The third-order valence-electron chi connectivity index (χ3n) is 7.58. The molecule has 2 aromatic carbocycles. The SMILES string of the molecule is C=NCc1ccc(-n2c(C(/C=C\C)=C(C)\C(C)=C\C=C/C)c(C)c3c(C)c(N/C(C)=C/C/C=C\C=C/C)ccc32)cc1. The number of benzene rings is 2. The zero-order valence-corrected chi connectivity index (χ0v) is 26.8. The number of nitrogens with one attached hydrogen (secondary N) is 1. The molecule has 0 saturated carbocycles. The highest BCUT2D eigenvalue weighted by Gasteiger charge is 2.22. The van der Waals surface area contributed by atoms with Crippen LogP contribution in [0.15, 0.2) is 119 Å². The van der Waals surface area contributed by atoms with Crippen molar-refractivity contribution < 1.29 is 0 Å². The molecule has 3 heteroatoms. The highest BCUT2D eigenvalue weighted by atomic mass is 15.0. The minimum absolute atomic E-state index is 0.614. The summed E-state index contributed by atoms with van der Waals surface area (Å²) in [7, 11) is 0. The van der Waals surface area contributed by atoms with Crippen LogP contribution < -0.4 is 5.32 Å². The summed E-state index contributed by atoms with van der Waals surface area (Å²) in [5.74, 6) is 0. The van der Waals surface area contributed by atoms with Crippen molar-refractivity contribution in [2.24, 2.45) is 4.99 Å². The molecule has 3 aromatic rings. The van der Waals surface area contributed by atoms with E-state index in [0.717, 1.165) is 29.1 Å². The first kappa shape index (κ1) is 32.1. The predicted octanol–water partition coefficient (Wildman–Crippen LogP) is 11.2. The zero-order chi connectivity index (χ0) is 30.6. The Bertz CT molecular complexity index is 1610. The molecule has 1 N–H and O–H groups in total. The second-order valence-electron chi connectivity index (χ2n) is 10.6. The average Bonchev–Trinajstić information content (AvgIpc) is 3.28. The first-order valence-electron chi connectivity index (χ1n) is 14.8. The Morgan fingerprint density at radius 2 is 1.60 bits per heavy atom. The second-order valence-corrected chi connectivity index (χ2v) is 10.6. The Labute approximate surface area is 253 Å². The Morgan fingerprint density at radius 3 is 2.24 bits per heavy atom. The molecule has 0 unspecified atom stereocenters. The number of aromatic nitrogens is 1. The van der Waals surface area contributed by atoms with E-state index >= 15 is 0 Å². The smallest absolute Gasteiger partial charge is 0.0632 e. The van der Waals surface area contributed by atoms with E-state index in [4.69, 9.17) is 0 Å². The molecular weight excluding hydrogens is 510 g/mol. The molecule has 0 spiro atoms. The van der Waals surface area contributed by atoms with Crippen molar-refractivity contribution in [1.29, 1.82) is 0 Å². The third-order valence-corrected chi connectivity index (χ3v) is 7.58. The van der Waals surface area contributed by atoms with Crippen molar-refractivity contribution in [3.8, 4) is 5.69 Å². The molecule has 0 fully saturated rings. The molecule has 0 aliphatic rings. The summed E-state index contributed by atoms with van der Waals surface area (Å²) in [5.41, 5.74) is 13.2. The quantitative estimate of drug-likeness (QED) is 0.174. The average molecular weight is 558 g/mol. The van der Waals surface area contributed by atoms with Crippen LogP contribution in [0.25, 0.3) is 22.2 Å². The van der Waals surface area contributed by atoms with Crippen LogP contribution in [0.4, 0.5) is 5.69 Å². The highest BCUT2D eigenvalue weighted by Crippen LogP contribution is 2.40. The Balaban J connectivity index is 2.31. The van der Waals surface area contributed by atoms with Crippen LogP contribution in [0, 0.1) is 13.8 Å². The Morgan fingerprint density at radius 1 is 0.881 bits per heavy atom. The molecule has 3 nitrogen and oxygen atoms in total. The molecule has 0 atom stereocenters. The van der Waals surface area contributed by atoms with Gasteiger partial charge in [0.2, 0.25) is 0 Å². The van der Waals surface area contributed by atoms with Gasteiger partial charge >= 0.3 is 0 Å². The number of hydrogen-bond acceptors (Lipinski definition) is 2. The largest absolute Gasteiger partial charge is 0.359 e. The topological polar surface area (TPSA) is 29.3 Å². The maximum Gasteiger partial charge on any atom is 0.0632 e. The molecule has 0 saturated heterocycles. The number of fused-ring (bicyclic) bond motifs is 1. The van der Waals surface area contributed by atoms with Crippen LogP contribution in [-0.2, 0) is 6.54 Å². The fraction of sp³-hybridized carbons (Fsp3) is 0.256. The van der Waals surface area contributed by atoms with Crippen molar-refractivity contribution in [3.63, 3.8) is 0 Å². The molecule has 0 bridgehead atoms. The number of allylic oxidation sites excluding steroid dienone is 14. The lowest BCUT2D eigenvalue weighted by Crippen LogP contribution is -2.02. The van der Waals surface area contributed by atoms with Gasteiger partial charge in [-0.25, -0.2) is 0 Å². The molecule has 0 radical (unpaired) electrons. The van der Waals surface area contributed by atoms with Crippen molar-refractivity contribution >= 4 is 28.9 Å². The molecule has 0 aliphatic heterocycles. The number of hydrogen-bond donors (Lipinski definition) is 1. The van der Waals surface area contributed by atoms with Gasteiger partial charge in [-0.3, -0.25) is 4.99 Å². The monoisotopic (exact) mass is 557 g/mol. The fourth-order valence-corrected chi connectivity index (χ4v) is 5.27. The fourth-order valence-electron chi connectivity index (χ4n) is 5.27. The maximum absolute atomic E-state index is 4.07. The van der Waals surface area contributed by atoms with Crippen LogP contribution in [0.3, 0.4) is 0 Å². The van der Waals surface area contributed by atoms with Crippen molar-refractivity contribution in [2.75, 3.05) is 5.32 Å². The van der Waals surface area contributed by atoms with E-state index < -0.39 is 0 Å². The van der Waals surface area contributed by atoms with Gasteiger partial charge in [0, 0.05) is 28.0 Å². The Hall–Kier alpha value is -4.37. The maximum atomic E-state index is 4.07. The van der Waals surface area contributed by atoms with E-state index in [1.807, 2.05) is 13.0 Å². The Kier molecular flexibility index (Phi) is 11.9. The summed E-state index contributed by atoms with van der Waals surface area (Å²) < 4.78 is 2.42. The number of anilines is 1. The first-order valence-corrected chi connectivity index (χ1v) is 14.8. The van der Waals surface area contributed by atoms with Gasteiger partial charge < -0.3 is 9.88 Å². The van der Waals surface area contributed by atoms with Crippen LogP contribution in [0.2, 0.25) is 0 Å². The summed E-state index contributed by atoms with van der Waals surface area (Å²) in [6.07, 6.45) is 22.2. The summed E-state index contributed by atoms with van der Waals surface area (Å²) in [6.45, 7) is 21.5. The van der Waals surface area contributed by atoms with E-state index in [2.05, 4.69) is 161 Å². The standard InChI is InChI=1S/C39H47N3/c1-10-13-15-16-17-20-29(5)41-36-25-26-37-38(31(36)7)32(8)39(35(18-12-3)30(6)28(4)19-14-11-2)42(37)34-23-21-33(22-24-34)27-40-9/h10-16,18-26,41H,9,17,27H2,1-8H3/b13-10-,14-11-,16-15-,18-12-,28-19+,29-20+,35-30-. The summed E-state index contributed by atoms with van der Waals surface area (Å²) >= 11 is 0. The van der Waals surface area contributed by atoms with Gasteiger partial charge in [-0.1, -0.05) is 72.9 Å². The van der Waals surface area contributed by atoms with Crippen molar-refractivity contribution in [3.05, 3.63) is 136 Å². The van der Waals surface area contributed by atoms with Gasteiger partial charge in [-0.15, -0.1) is 0 Å². The minimum Gasteiger partial charge on any atom is -0.359 e. The molecule has 1 aromatic heterocycles. The number of aliphatic imine (C=N–C) groups is 1. The van der Waals surface area contributed by atoms with Gasteiger partial charge in [-0.05, 0) is 121 Å². The van der Waals surface area contributed by atoms with E-state index in [9.17, 15) is 0 Å². The van der Waals surface area contributed by atoms with E-state index in [1.165, 1.54) is 44.4 Å². The molecule has 42 heavy (non-hydrogen) atoms. The number of rotatable bonds is 12. The second kappa shape index (κ2) is 15.6. The van der Waals surface area contributed by atoms with E-state index in [-0.39, 0.29) is 0 Å². The van der Waals surface area contributed by atoms with Gasteiger partial charge in [-0.2, -0.15) is 0 Å². The van der Waals surface area contributed by atoms with E-state index in [0.29, 0.717) is 6.54 Å². The lowest BCUT2D eigenvalue weighted by Gasteiger charge is -2.16. The molecule has 3 rings (SSSR count). The molecular formula is C39H47N3. The number of aryl methyl sites for hydroxylation is 2. The first-order chi connectivity index (χ1) is 20.3. The zero-order valence-electron chi connectivity index (χ0n) is 26.8. The summed E-state index contributed by atoms with van der Waals surface area (Å²) in [5, 5.41) is 4.95. The lowest BCUT2D eigenvalue weighted by molar-refractivity contribution is 1.05. The van der Waals surface area contributed by atoms with Gasteiger partial charge in [0.15, 0.2) is 0 Å². The van der Waals surface area contributed by atoms with Gasteiger partial charge in [0.05, 0.1) is 17.8 Å². The third kappa shape index (κ3) is 7.47. The predicted molar refractivity (Wildman–Crippen MR) is 188 cm³/mol. The molecule has 218 valence electrons. The number of nitrogens with zero attached hydrogens (tertiary/aromatic N) is 2. The summed E-state index contributed by atoms with van der Waals surface area (Å²) in [6, 6.07) is 13.2. The summed E-state index contributed by atoms with van der Waals surface area (Å²) in [4.78, 5) is 4.07. The van der Waals surface area contributed by atoms with Crippen LogP contribution in [0.5, 0.6) is 0 Å². The molecule has 1 heterocycles. The van der Waals surface area contributed by atoms with Gasteiger partial charge in [0.1, 0.15) is 0 Å². The minimum atomic E-state index is 0.614. The molecule has 0 amide bonds. The normalized spacial score (nSPS) is 13.8. The lowest BCUT2D eigenvalue weighted by atomic mass is 9.95. The van der Waals surface area contributed by atoms with Crippen LogP contribution in [0.1, 0.15) is 70.3 Å².